The molecule has 1 fully saturated rings. The van der Waals surface area contributed by atoms with Crippen LogP contribution in [0.2, 0.25) is 0 Å². The fraction of sp³-hybridized carbons (Fsp3) is 0.692. The van der Waals surface area contributed by atoms with E-state index in [-0.39, 0.29) is 67.7 Å². The molecule has 1 saturated carbocycles. The summed E-state index contributed by atoms with van der Waals surface area (Å²) in [6.45, 7) is 2.16. The predicted octanol–water partition coefficient (Wildman–Crippen LogP) is 2.80. The van der Waals surface area contributed by atoms with E-state index in [0.29, 0.717) is 25.0 Å². The fourth-order valence-corrected chi connectivity index (χ4v) is 2.34. The number of carbonyl (C=O) groups excluding carboxylic acids is 2. The van der Waals surface area contributed by atoms with Gasteiger partial charge in [-0.15, -0.1) is 0 Å². The van der Waals surface area contributed by atoms with Crippen LogP contribution in [0.25, 0.3) is 0 Å². The minimum atomic E-state index is -6.09. The molecule has 0 aromatic carbocycles. The molecular weight excluding hydrogens is 723 g/mol. The van der Waals surface area contributed by atoms with Crippen molar-refractivity contribution in [1.29, 1.82) is 0 Å². The Morgan fingerprint density at radius 3 is 1.43 bits per heavy atom. The molecule has 22 heteroatoms. The number of allylic oxidation sites excluding steroid dienone is 2. The molecule has 15 N–H and O–H groups in total. The Morgan fingerprint density at radius 1 is 0.829 bits per heavy atom. The summed E-state index contributed by atoms with van der Waals surface area (Å²) in [5, 5.41) is 0. The van der Waals surface area contributed by atoms with E-state index in [1.807, 2.05) is 6.08 Å². The Kier molecular flexibility index (Phi) is 25.2. The van der Waals surface area contributed by atoms with Crippen LogP contribution in [-0.2, 0) is 49.6 Å². The average Bonchev–Trinajstić information content (AvgIpc) is 2.46. The van der Waals surface area contributed by atoms with Gasteiger partial charge >= 0.3 is 30.8 Å². The van der Waals surface area contributed by atoms with Gasteiger partial charge in [-0.05, 0) is 23.8 Å². The van der Waals surface area contributed by atoms with Gasteiger partial charge in [-0.25, -0.2) is 16.8 Å². The second-order valence-electron chi connectivity index (χ2n) is 6.25. The summed E-state index contributed by atoms with van der Waals surface area (Å²) in [5.74, 6) is 0.772. The van der Waals surface area contributed by atoms with Crippen molar-refractivity contribution in [2.45, 2.75) is 43.6 Å². The van der Waals surface area contributed by atoms with E-state index in [2.05, 4.69) is 6.92 Å². The molecular formula is C13H29F6N5O8OsS2. The van der Waals surface area contributed by atoms with Gasteiger partial charge in [0, 0.05) is 19.3 Å². The van der Waals surface area contributed by atoms with Gasteiger partial charge < -0.3 is 39.9 Å². The number of hydrogen-bond donors (Lipinski definition) is 5. The first-order valence-electron chi connectivity index (χ1n) is 7.38. The summed E-state index contributed by atoms with van der Waals surface area (Å²) in [6.07, 6.45) is 6.47. The Labute approximate surface area is 211 Å². The zero-order valence-electron chi connectivity index (χ0n) is 18.3. The Bertz CT molecular complexity index is 842. The molecule has 0 aliphatic heterocycles. The standard InChI is InChI=1S/C11H14O2.2CHF3O3S.5H3N.Os/c1-11-4-2-9(12)6-8(11)7-10(13)3-5-11;2*2-1(3,4)8(5,6)7;;;;;;/h2,4,8H,3,5-7H2,1H3;2*(H,5,6,7);5*1H3;/q;;;;;;;;+2/p-2/t8-,11+;;;;;;;;/m1......../s1. The third-order valence-corrected chi connectivity index (χ3v) is 5.15. The van der Waals surface area contributed by atoms with Gasteiger partial charge in [0.25, 0.3) is 0 Å². The van der Waals surface area contributed by atoms with Gasteiger partial charge in [-0.2, -0.15) is 26.3 Å². The summed E-state index contributed by atoms with van der Waals surface area (Å²) in [5.41, 5.74) is -11.2. The topological polar surface area (TPSA) is 324 Å². The maximum atomic E-state index is 11.2. The molecule has 13 nitrogen and oxygen atoms in total. The molecule has 0 unspecified atom stereocenters. The molecule has 2 rings (SSSR count). The van der Waals surface area contributed by atoms with Crippen LogP contribution in [0, 0.1) is 11.3 Å². The maximum absolute atomic E-state index is 11.2. The smallest absolute Gasteiger partial charge is 0.741 e. The molecule has 0 spiro atoms. The zero-order chi connectivity index (χ0) is 23.5. The molecule has 35 heavy (non-hydrogen) atoms. The van der Waals surface area contributed by atoms with Gasteiger partial charge in [-0.1, -0.05) is 13.0 Å². The second-order valence-corrected chi connectivity index (χ2v) is 8.99. The van der Waals surface area contributed by atoms with Gasteiger partial charge in [-0.3, -0.25) is 9.59 Å². The van der Waals surface area contributed by atoms with E-state index in [4.69, 9.17) is 25.9 Å². The molecule has 2 aliphatic carbocycles. The van der Waals surface area contributed by atoms with E-state index in [0.717, 1.165) is 6.42 Å². The van der Waals surface area contributed by atoms with Crippen molar-refractivity contribution in [3.05, 3.63) is 12.2 Å². The molecule has 0 bridgehead atoms. The number of alkyl halides is 6. The van der Waals surface area contributed by atoms with Gasteiger partial charge in [0.15, 0.2) is 26.0 Å². The van der Waals surface area contributed by atoms with E-state index < -0.39 is 31.3 Å². The van der Waals surface area contributed by atoms with Crippen LogP contribution in [0.3, 0.4) is 0 Å². The number of Topliss-reactive ketones (excluding diaryl/α,β-unsaturated/α-hetero) is 1. The molecule has 0 aromatic rings. The summed E-state index contributed by atoms with van der Waals surface area (Å²) in [7, 11) is -12.2. The van der Waals surface area contributed by atoms with E-state index in [1.165, 1.54) is 0 Å². The number of halogens is 6. The summed E-state index contributed by atoms with van der Waals surface area (Å²) in [6, 6.07) is 0. The predicted molar refractivity (Wildman–Crippen MR) is 106 cm³/mol. The van der Waals surface area contributed by atoms with Crippen molar-refractivity contribution < 1.29 is 81.7 Å². The summed E-state index contributed by atoms with van der Waals surface area (Å²) in [4.78, 5) is 22.4. The molecule has 2 aliphatic rings. The van der Waals surface area contributed by atoms with Gasteiger partial charge in [0.2, 0.25) is 0 Å². The number of rotatable bonds is 0. The number of hydrogen-bond acceptors (Lipinski definition) is 13. The summed E-state index contributed by atoms with van der Waals surface area (Å²) < 4.78 is 118. The van der Waals surface area contributed by atoms with E-state index in [1.54, 1.807) is 6.08 Å². The normalized spacial score (nSPS) is 20.9. The van der Waals surface area contributed by atoms with Crippen molar-refractivity contribution in [2.24, 2.45) is 11.3 Å². The van der Waals surface area contributed by atoms with E-state index in [9.17, 15) is 35.9 Å². The minimum Gasteiger partial charge on any atom is -0.741 e. The van der Waals surface area contributed by atoms with Gasteiger partial charge in [0.05, 0.1) is 0 Å². The number of fused-ring (bicyclic) bond motifs is 1. The first kappa shape index (κ1) is 50.7. The van der Waals surface area contributed by atoms with Crippen molar-refractivity contribution in [2.75, 3.05) is 0 Å². The molecule has 216 valence electrons. The van der Waals surface area contributed by atoms with Crippen LogP contribution >= 0.6 is 0 Å². The quantitative estimate of drug-likeness (QED) is 0.135. The van der Waals surface area contributed by atoms with Crippen molar-refractivity contribution >= 4 is 31.8 Å². The van der Waals surface area contributed by atoms with E-state index >= 15 is 0 Å². The zero-order valence-corrected chi connectivity index (χ0v) is 22.5. The first-order chi connectivity index (χ1) is 12.6. The SMILES string of the molecule is C[C@@]12C=CC(=O)C[C@@H]1CC(=O)CC2.N.N.N.N.N.O=S(=O)([O-])C(F)(F)F.O=S(=O)([O-])C(F)(F)F.[Os+2]. The van der Waals surface area contributed by atoms with Crippen LogP contribution in [0.4, 0.5) is 26.3 Å². The molecule has 0 amide bonds. The molecule has 0 saturated heterocycles. The van der Waals surface area contributed by atoms with Crippen LogP contribution in [-0.4, -0.2) is 48.5 Å². The number of ketones is 2. The largest absolute Gasteiger partial charge is 2.00 e. The fourth-order valence-electron chi connectivity index (χ4n) is 2.34. The molecule has 0 radical (unpaired) electrons. The molecule has 0 aromatic heterocycles. The maximum Gasteiger partial charge on any atom is 2.00 e. The first-order valence-corrected chi connectivity index (χ1v) is 10.2. The Hall–Kier alpha value is -1.08. The molecule has 0 heterocycles. The Morgan fingerprint density at radius 2 is 1.14 bits per heavy atom. The number of carbonyl (C=O) groups is 2. The van der Waals surface area contributed by atoms with Crippen LogP contribution in [0.1, 0.15) is 32.6 Å². The van der Waals surface area contributed by atoms with Crippen LogP contribution < -0.4 is 30.8 Å². The molecule has 2 atom stereocenters. The average molecular weight is 752 g/mol. The van der Waals surface area contributed by atoms with Crippen molar-refractivity contribution in [3.8, 4) is 0 Å². The third-order valence-electron chi connectivity index (χ3n) is 4.01. The monoisotopic (exact) mass is 753 g/mol. The van der Waals surface area contributed by atoms with Crippen LogP contribution in [0.5, 0.6) is 0 Å². The van der Waals surface area contributed by atoms with Gasteiger partial charge in [0.1, 0.15) is 5.78 Å². The van der Waals surface area contributed by atoms with Crippen molar-refractivity contribution in [3.63, 3.8) is 0 Å². The van der Waals surface area contributed by atoms with Crippen LogP contribution in [0.15, 0.2) is 12.2 Å². The van der Waals surface area contributed by atoms with Crippen molar-refractivity contribution in [1.82, 2.24) is 30.8 Å². The second kappa shape index (κ2) is 17.4. The minimum absolute atomic E-state index is 0. The summed E-state index contributed by atoms with van der Waals surface area (Å²) >= 11 is 0. The third kappa shape index (κ3) is 17.1. The Balaban J connectivity index is -0.0000000647.